The fourth-order valence-electron chi connectivity index (χ4n) is 3.03. The van der Waals surface area contributed by atoms with Crippen molar-refractivity contribution in [3.05, 3.63) is 17.2 Å². The van der Waals surface area contributed by atoms with Crippen molar-refractivity contribution < 1.29 is 23.8 Å². The molecule has 1 N–H and O–H groups in total. The number of nitrogens with zero attached hydrogens (tertiary/aromatic N) is 1. The average Bonchev–Trinajstić information content (AvgIpc) is 2.66. The van der Waals surface area contributed by atoms with Crippen LogP contribution in [0, 0.1) is 0 Å². The van der Waals surface area contributed by atoms with Gasteiger partial charge in [-0.1, -0.05) is 18.0 Å². The van der Waals surface area contributed by atoms with Crippen molar-refractivity contribution in [1.29, 1.82) is 0 Å². The van der Waals surface area contributed by atoms with E-state index in [1.54, 1.807) is 12.1 Å². The predicted molar refractivity (Wildman–Crippen MR) is 99.0 cm³/mol. The van der Waals surface area contributed by atoms with Crippen molar-refractivity contribution in [1.82, 2.24) is 4.90 Å². The number of rotatable bonds is 7. The second-order valence-electron chi connectivity index (χ2n) is 6.07. The van der Waals surface area contributed by atoms with Gasteiger partial charge in [-0.3, -0.25) is 14.5 Å². The fourth-order valence-corrected chi connectivity index (χ4v) is 3.27. The van der Waals surface area contributed by atoms with Gasteiger partial charge in [0.05, 0.1) is 38.5 Å². The third-order valence-electron chi connectivity index (χ3n) is 4.45. The Kier molecular flexibility index (Phi) is 7.53. The van der Waals surface area contributed by atoms with Gasteiger partial charge < -0.3 is 19.5 Å². The van der Waals surface area contributed by atoms with Crippen LogP contribution in [0.1, 0.15) is 25.7 Å². The van der Waals surface area contributed by atoms with E-state index in [0.717, 1.165) is 32.4 Å². The second kappa shape index (κ2) is 9.64. The molecule has 2 rings (SSSR count). The first-order valence-electron chi connectivity index (χ1n) is 8.53. The number of methoxy groups -OCH3 is 3. The van der Waals surface area contributed by atoms with Crippen LogP contribution in [-0.4, -0.2) is 57.2 Å². The lowest BCUT2D eigenvalue weighted by Gasteiger charge is -2.33. The molecule has 1 aromatic rings. The van der Waals surface area contributed by atoms with Crippen LogP contribution in [-0.2, 0) is 14.3 Å². The molecule has 0 radical (unpaired) electrons. The van der Waals surface area contributed by atoms with Crippen LogP contribution in [0.15, 0.2) is 12.1 Å². The van der Waals surface area contributed by atoms with Crippen LogP contribution < -0.4 is 14.8 Å². The highest BCUT2D eigenvalue weighted by molar-refractivity contribution is 6.32. The summed E-state index contributed by atoms with van der Waals surface area (Å²) < 4.78 is 15.2. The molecule has 0 spiro atoms. The van der Waals surface area contributed by atoms with Crippen LogP contribution >= 0.6 is 11.6 Å². The highest BCUT2D eigenvalue weighted by Crippen LogP contribution is 2.36. The molecule has 7 nitrogen and oxygen atoms in total. The van der Waals surface area contributed by atoms with Crippen LogP contribution in [0.2, 0.25) is 5.02 Å². The van der Waals surface area contributed by atoms with Crippen LogP contribution in [0.4, 0.5) is 5.69 Å². The van der Waals surface area contributed by atoms with Gasteiger partial charge in [-0.25, -0.2) is 0 Å². The lowest BCUT2D eigenvalue weighted by molar-refractivity contribution is -0.144. The molecule has 26 heavy (non-hydrogen) atoms. The molecule has 1 fully saturated rings. The summed E-state index contributed by atoms with van der Waals surface area (Å²) in [6, 6.07) is 2.57. The highest BCUT2D eigenvalue weighted by atomic mass is 35.5. The van der Waals surface area contributed by atoms with E-state index >= 15 is 0 Å². The molecule has 1 heterocycles. The van der Waals surface area contributed by atoms with Gasteiger partial charge in [-0.15, -0.1) is 0 Å². The van der Waals surface area contributed by atoms with Crippen molar-refractivity contribution in [2.75, 3.05) is 39.7 Å². The van der Waals surface area contributed by atoms with Crippen molar-refractivity contribution >= 4 is 29.2 Å². The maximum Gasteiger partial charge on any atom is 0.307 e. The van der Waals surface area contributed by atoms with E-state index < -0.39 is 12.0 Å². The molecule has 1 saturated heterocycles. The Bertz CT molecular complexity index is 647. The Morgan fingerprint density at radius 2 is 1.77 bits per heavy atom. The number of carbonyl (C=O) groups is 2. The molecular weight excluding hydrogens is 360 g/mol. The number of piperidine rings is 1. The number of carbonyl (C=O) groups excluding carboxylic acids is 2. The zero-order valence-corrected chi connectivity index (χ0v) is 16.1. The largest absolute Gasteiger partial charge is 0.495 e. The molecular formula is C18H25ClN2O5. The van der Waals surface area contributed by atoms with Gasteiger partial charge in [0.2, 0.25) is 5.91 Å². The van der Waals surface area contributed by atoms with Crippen molar-refractivity contribution in [3.8, 4) is 11.5 Å². The Balaban J connectivity index is 2.22. The average molecular weight is 385 g/mol. The molecule has 8 heteroatoms. The van der Waals surface area contributed by atoms with E-state index in [1.807, 2.05) is 4.90 Å². The number of hydrogen-bond donors (Lipinski definition) is 1. The predicted octanol–water partition coefficient (Wildman–Crippen LogP) is 2.71. The lowest BCUT2D eigenvalue weighted by Crippen LogP contribution is -2.47. The van der Waals surface area contributed by atoms with E-state index in [2.05, 4.69) is 5.32 Å². The molecule has 0 aliphatic carbocycles. The fraction of sp³-hybridized carbons (Fsp3) is 0.556. The monoisotopic (exact) mass is 384 g/mol. The summed E-state index contributed by atoms with van der Waals surface area (Å²) in [5.74, 6) is 0.158. The molecule has 1 atom stereocenters. The molecule has 0 saturated carbocycles. The number of anilines is 1. The van der Waals surface area contributed by atoms with E-state index in [0.29, 0.717) is 22.2 Å². The highest BCUT2D eigenvalue weighted by Gasteiger charge is 2.30. The zero-order valence-electron chi connectivity index (χ0n) is 15.3. The number of likely N-dealkylation sites (tertiary alicyclic amines) is 1. The van der Waals surface area contributed by atoms with Gasteiger partial charge in [-0.05, 0) is 32.0 Å². The number of halogens is 1. The smallest absolute Gasteiger partial charge is 0.307 e. The van der Waals surface area contributed by atoms with Gasteiger partial charge in [0.1, 0.15) is 17.5 Å². The van der Waals surface area contributed by atoms with Gasteiger partial charge >= 0.3 is 5.97 Å². The van der Waals surface area contributed by atoms with E-state index in [9.17, 15) is 9.59 Å². The standard InChI is InChI=1S/C18H25ClN2O5/c1-24-15-11-16(25-2)13(9-12(15)19)20-18(23)14(10-17(22)26-3)21-7-5-4-6-8-21/h9,11,14H,4-8,10H2,1-3H3,(H,20,23)/t14-/m1/s1. The normalized spacial score (nSPS) is 15.8. The minimum Gasteiger partial charge on any atom is -0.495 e. The van der Waals surface area contributed by atoms with Crippen molar-refractivity contribution in [2.24, 2.45) is 0 Å². The van der Waals surface area contributed by atoms with E-state index in [4.69, 9.17) is 25.8 Å². The van der Waals surface area contributed by atoms with Gasteiger partial charge in [-0.2, -0.15) is 0 Å². The number of hydrogen-bond acceptors (Lipinski definition) is 6. The van der Waals surface area contributed by atoms with Gasteiger partial charge in [0, 0.05) is 6.07 Å². The minimum absolute atomic E-state index is 0.00542. The number of nitrogens with one attached hydrogen (secondary N) is 1. The third-order valence-corrected chi connectivity index (χ3v) is 4.75. The quantitative estimate of drug-likeness (QED) is 0.728. The number of amides is 1. The number of esters is 1. The van der Waals surface area contributed by atoms with Crippen LogP contribution in [0.5, 0.6) is 11.5 Å². The summed E-state index contributed by atoms with van der Waals surface area (Å²) in [6.45, 7) is 1.55. The molecule has 1 aliphatic heterocycles. The Morgan fingerprint density at radius 3 is 2.35 bits per heavy atom. The lowest BCUT2D eigenvalue weighted by atomic mass is 10.1. The Morgan fingerprint density at radius 1 is 1.12 bits per heavy atom. The molecule has 1 amide bonds. The minimum atomic E-state index is -0.603. The summed E-state index contributed by atoms with van der Waals surface area (Å²) in [6.07, 6.45) is 3.13. The van der Waals surface area contributed by atoms with Crippen LogP contribution in [0.3, 0.4) is 0 Å². The second-order valence-corrected chi connectivity index (χ2v) is 6.48. The Hall–Kier alpha value is -1.99. The Labute approximate surface area is 158 Å². The molecule has 0 aromatic heterocycles. The summed E-state index contributed by atoms with van der Waals surface area (Å²) in [5.41, 5.74) is 0.426. The zero-order chi connectivity index (χ0) is 19.1. The van der Waals surface area contributed by atoms with E-state index in [1.165, 1.54) is 21.3 Å². The van der Waals surface area contributed by atoms with Gasteiger partial charge in [0.25, 0.3) is 0 Å². The SMILES string of the molecule is COC(=O)C[C@H](C(=O)Nc1cc(Cl)c(OC)cc1OC)N1CCCCC1. The van der Waals surface area contributed by atoms with Gasteiger partial charge in [0.15, 0.2) is 0 Å². The summed E-state index contributed by atoms with van der Waals surface area (Å²) in [5, 5.41) is 3.18. The molecule has 1 aliphatic rings. The molecule has 1 aromatic carbocycles. The van der Waals surface area contributed by atoms with Crippen molar-refractivity contribution in [3.63, 3.8) is 0 Å². The maximum absolute atomic E-state index is 12.9. The molecule has 0 unspecified atom stereocenters. The molecule has 144 valence electrons. The summed E-state index contributed by atoms with van der Waals surface area (Å²) >= 11 is 6.16. The first-order valence-corrected chi connectivity index (χ1v) is 8.91. The first kappa shape index (κ1) is 20.3. The first-order chi connectivity index (χ1) is 12.5. The maximum atomic E-state index is 12.9. The van der Waals surface area contributed by atoms with Crippen LogP contribution in [0.25, 0.3) is 0 Å². The molecule has 0 bridgehead atoms. The van der Waals surface area contributed by atoms with Crippen molar-refractivity contribution in [2.45, 2.75) is 31.7 Å². The summed E-state index contributed by atoms with van der Waals surface area (Å²) in [4.78, 5) is 26.7. The summed E-state index contributed by atoms with van der Waals surface area (Å²) in [7, 11) is 4.32. The topological polar surface area (TPSA) is 77.1 Å². The third kappa shape index (κ3) is 5.02. The number of ether oxygens (including phenoxy) is 3. The van der Waals surface area contributed by atoms with E-state index in [-0.39, 0.29) is 12.3 Å². The number of benzene rings is 1.